The zero-order chi connectivity index (χ0) is 37.5. The summed E-state index contributed by atoms with van der Waals surface area (Å²) in [6.07, 6.45) is 0. The van der Waals surface area contributed by atoms with Gasteiger partial charge >= 0.3 is 0 Å². The number of hydrogen-bond acceptors (Lipinski definition) is 5. The van der Waals surface area contributed by atoms with Gasteiger partial charge in [0.1, 0.15) is 11.2 Å². The minimum Gasteiger partial charge on any atom is -0.456 e. The molecule has 0 aliphatic heterocycles. The fourth-order valence-corrected chi connectivity index (χ4v) is 9.61. The van der Waals surface area contributed by atoms with Crippen molar-refractivity contribution in [2.24, 2.45) is 0 Å². The highest BCUT2D eigenvalue weighted by Gasteiger charge is 2.18. The summed E-state index contributed by atoms with van der Waals surface area (Å²) in [5.74, 6) is 1.81. The first kappa shape index (κ1) is 31.9. The second-order valence-corrected chi connectivity index (χ2v) is 15.4. The molecule has 6 heteroatoms. The molecular weight excluding hydrogens is 717 g/mol. The van der Waals surface area contributed by atoms with Crippen LogP contribution in [0.3, 0.4) is 0 Å². The summed E-state index contributed by atoms with van der Waals surface area (Å²) in [4.78, 5) is 15.3. The molecule has 0 bridgehead atoms. The van der Waals surface area contributed by atoms with E-state index in [1.165, 1.54) is 36.5 Å². The Bertz CT molecular complexity index is 3530. The minimum absolute atomic E-state index is 0.585. The zero-order valence-corrected chi connectivity index (χ0v) is 31.2. The largest absolute Gasteiger partial charge is 0.456 e. The molecule has 0 spiro atoms. The van der Waals surface area contributed by atoms with E-state index < -0.39 is 0 Å². The van der Waals surface area contributed by atoms with Gasteiger partial charge in [-0.05, 0) is 65.7 Å². The highest BCUT2D eigenvalue weighted by Crippen LogP contribution is 2.42. The molecule has 57 heavy (non-hydrogen) atoms. The van der Waals surface area contributed by atoms with Crippen molar-refractivity contribution >= 4 is 75.3 Å². The zero-order valence-electron chi connectivity index (χ0n) is 30.4. The van der Waals surface area contributed by atoms with Crippen molar-refractivity contribution < 1.29 is 4.42 Å². The third-order valence-electron chi connectivity index (χ3n) is 11.1. The molecule has 0 aliphatic rings. The number of thiophene rings is 1. The van der Waals surface area contributed by atoms with Gasteiger partial charge in [-0.3, -0.25) is 0 Å². The first-order valence-corrected chi connectivity index (χ1v) is 19.8. The van der Waals surface area contributed by atoms with Gasteiger partial charge in [0.15, 0.2) is 17.5 Å². The molecule has 0 N–H and O–H groups in total. The van der Waals surface area contributed by atoms with Crippen LogP contribution < -0.4 is 0 Å². The summed E-state index contributed by atoms with van der Waals surface area (Å²) < 4.78 is 11.5. The maximum atomic E-state index is 6.64. The lowest BCUT2D eigenvalue weighted by atomic mass is 10.0. The van der Waals surface area contributed by atoms with E-state index in [-0.39, 0.29) is 0 Å². The molecule has 0 amide bonds. The molecule has 5 nitrogen and oxygen atoms in total. The van der Waals surface area contributed by atoms with E-state index >= 15 is 0 Å². The van der Waals surface area contributed by atoms with Crippen molar-refractivity contribution in [1.29, 1.82) is 0 Å². The lowest BCUT2D eigenvalue weighted by Gasteiger charge is -2.10. The highest BCUT2D eigenvalue weighted by molar-refractivity contribution is 7.26. The maximum absolute atomic E-state index is 6.64. The smallest absolute Gasteiger partial charge is 0.164 e. The molecule has 0 radical (unpaired) electrons. The van der Waals surface area contributed by atoms with E-state index in [4.69, 9.17) is 19.4 Å². The lowest BCUT2D eigenvalue weighted by Crippen LogP contribution is -2.00. The summed E-state index contributed by atoms with van der Waals surface area (Å²) in [6, 6.07) is 63.7. The van der Waals surface area contributed by atoms with Crippen LogP contribution in [0.5, 0.6) is 0 Å². The van der Waals surface area contributed by atoms with Crippen LogP contribution in [0.2, 0.25) is 0 Å². The van der Waals surface area contributed by atoms with Gasteiger partial charge in [-0.15, -0.1) is 11.3 Å². The van der Waals surface area contributed by atoms with Crippen molar-refractivity contribution in [3.8, 4) is 51.0 Å². The molecule has 0 atom stereocenters. The molecule has 4 aromatic heterocycles. The van der Waals surface area contributed by atoms with Gasteiger partial charge in [0.05, 0.1) is 11.0 Å². The van der Waals surface area contributed by atoms with E-state index in [0.29, 0.717) is 17.5 Å². The fourth-order valence-electron chi connectivity index (χ4n) is 8.37. The molecule has 12 rings (SSSR count). The first-order chi connectivity index (χ1) is 28.2. The molecule has 266 valence electrons. The number of rotatable bonds is 5. The summed E-state index contributed by atoms with van der Waals surface area (Å²) in [5.41, 5.74) is 10.0. The minimum atomic E-state index is 0.585. The van der Waals surface area contributed by atoms with Crippen LogP contribution in [-0.2, 0) is 0 Å². The first-order valence-electron chi connectivity index (χ1n) is 19.0. The average Bonchev–Trinajstić information content (AvgIpc) is 3.95. The third-order valence-corrected chi connectivity index (χ3v) is 12.3. The Morgan fingerprint density at radius 1 is 0.386 bits per heavy atom. The Morgan fingerprint density at radius 2 is 0.947 bits per heavy atom. The van der Waals surface area contributed by atoms with Crippen molar-refractivity contribution in [2.45, 2.75) is 0 Å². The summed E-state index contributed by atoms with van der Waals surface area (Å²) in [5, 5.41) is 7.09. The summed E-state index contributed by atoms with van der Waals surface area (Å²) in [6.45, 7) is 0. The van der Waals surface area contributed by atoms with Gasteiger partial charge in [0.25, 0.3) is 0 Å². The number of aromatic nitrogens is 4. The number of nitrogens with zero attached hydrogens (tertiary/aromatic N) is 4. The molecule has 0 saturated heterocycles. The lowest BCUT2D eigenvalue weighted by molar-refractivity contribution is 0.669. The number of hydrogen-bond donors (Lipinski definition) is 0. The van der Waals surface area contributed by atoms with Crippen LogP contribution in [0.15, 0.2) is 186 Å². The molecule has 8 aromatic carbocycles. The predicted octanol–water partition coefficient (Wildman–Crippen LogP) is 13.9. The van der Waals surface area contributed by atoms with Gasteiger partial charge in [-0.25, -0.2) is 15.0 Å². The van der Waals surface area contributed by atoms with Gasteiger partial charge in [0.2, 0.25) is 0 Å². The van der Waals surface area contributed by atoms with Crippen LogP contribution >= 0.6 is 11.3 Å². The number of fused-ring (bicyclic) bond motifs is 9. The van der Waals surface area contributed by atoms with E-state index in [2.05, 4.69) is 150 Å². The second-order valence-electron chi connectivity index (χ2n) is 14.4. The highest BCUT2D eigenvalue weighted by atomic mass is 32.1. The molecule has 0 unspecified atom stereocenters. The van der Waals surface area contributed by atoms with Crippen molar-refractivity contribution in [3.05, 3.63) is 182 Å². The predicted molar refractivity (Wildman–Crippen MR) is 236 cm³/mol. The Balaban J connectivity index is 0.999. The quantitative estimate of drug-likeness (QED) is 0.176. The topological polar surface area (TPSA) is 56.7 Å². The number of furan rings is 1. The van der Waals surface area contributed by atoms with E-state index in [1.54, 1.807) is 0 Å². The van der Waals surface area contributed by atoms with Crippen molar-refractivity contribution in [3.63, 3.8) is 0 Å². The Labute approximate surface area is 330 Å². The van der Waals surface area contributed by atoms with E-state index in [1.807, 2.05) is 47.7 Å². The van der Waals surface area contributed by atoms with Crippen LogP contribution in [0, 0.1) is 0 Å². The second kappa shape index (κ2) is 12.6. The van der Waals surface area contributed by atoms with Crippen LogP contribution in [0.4, 0.5) is 0 Å². The average molecular weight is 747 g/mol. The normalized spacial score (nSPS) is 11.9. The monoisotopic (exact) mass is 746 g/mol. The molecule has 0 fully saturated rings. The Kier molecular flexibility index (Phi) is 7.03. The van der Waals surface area contributed by atoms with Crippen LogP contribution in [0.1, 0.15) is 0 Å². The van der Waals surface area contributed by atoms with Gasteiger partial charge < -0.3 is 8.98 Å². The van der Waals surface area contributed by atoms with Gasteiger partial charge in [0, 0.05) is 64.1 Å². The Hall–Kier alpha value is -7.41. The molecule has 0 saturated carbocycles. The van der Waals surface area contributed by atoms with Gasteiger partial charge in [-0.2, -0.15) is 0 Å². The summed E-state index contributed by atoms with van der Waals surface area (Å²) in [7, 11) is 0. The molecular formula is C51H30N4OS. The molecule has 0 aliphatic carbocycles. The maximum Gasteiger partial charge on any atom is 0.164 e. The van der Waals surface area contributed by atoms with E-state index in [0.717, 1.165) is 60.9 Å². The van der Waals surface area contributed by atoms with Crippen LogP contribution in [0.25, 0.3) is 115 Å². The Morgan fingerprint density at radius 3 is 1.72 bits per heavy atom. The number of benzene rings is 8. The van der Waals surface area contributed by atoms with Crippen molar-refractivity contribution in [2.75, 3.05) is 0 Å². The third kappa shape index (κ3) is 5.12. The SMILES string of the molecule is c1ccc(-c2nc(-c3ccc4c(c3)oc3cc(-c5cccc6c5sc5ccccc56)ccc34)nc(-c3ccc4c5ccccc5n(-c5ccccc5)c4c3)n2)cc1. The van der Waals surface area contributed by atoms with Crippen molar-refractivity contribution in [1.82, 2.24) is 19.5 Å². The fraction of sp³-hybridized carbons (Fsp3) is 0. The summed E-state index contributed by atoms with van der Waals surface area (Å²) >= 11 is 1.84. The standard InChI is InChI=1S/C51H30N4OS/c1-3-12-31(13-4-1)49-52-50(33-23-25-38-37-16-7-9-20-43(37)55(44(38)28-33)35-14-5-2-6-15-35)54-51(53-49)34-24-27-40-39-26-22-32(29-45(39)56-46(40)30-34)36-18-11-19-42-41-17-8-10-21-47(41)57-48(36)42/h1-30H. The molecule has 12 aromatic rings. The van der Waals surface area contributed by atoms with Gasteiger partial charge in [-0.1, -0.05) is 127 Å². The molecule has 4 heterocycles. The van der Waals surface area contributed by atoms with Crippen LogP contribution in [-0.4, -0.2) is 19.5 Å². The van der Waals surface area contributed by atoms with E-state index in [9.17, 15) is 0 Å². The number of para-hydroxylation sites is 2.